The SMILES string of the molecule is O=C(NO)C(Br)(Br)Br. The molecule has 6 heteroatoms. The van der Waals surface area contributed by atoms with Gasteiger partial charge >= 0.3 is 0 Å². The third-order valence-corrected chi connectivity index (χ3v) is 1.44. The highest BCUT2D eigenvalue weighted by Gasteiger charge is 2.27. The van der Waals surface area contributed by atoms with Crippen molar-refractivity contribution in [2.75, 3.05) is 0 Å². The van der Waals surface area contributed by atoms with Crippen molar-refractivity contribution in [3.8, 4) is 0 Å². The van der Waals surface area contributed by atoms with Gasteiger partial charge in [0.15, 0.2) is 0 Å². The molecular weight excluding hydrogens is 310 g/mol. The number of nitrogens with one attached hydrogen (secondary N) is 1. The number of rotatable bonds is 0. The Labute approximate surface area is 71.2 Å². The van der Waals surface area contributed by atoms with Gasteiger partial charge < -0.3 is 0 Å². The van der Waals surface area contributed by atoms with Crippen LogP contribution in [0.25, 0.3) is 0 Å². The molecule has 3 nitrogen and oxygen atoms in total. The molecule has 0 fully saturated rings. The van der Waals surface area contributed by atoms with Crippen molar-refractivity contribution in [3.05, 3.63) is 0 Å². The summed E-state index contributed by atoms with van der Waals surface area (Å²) in [6, 6.07) is 0. The van der Waals surface area contributed by atoms with Gasteiger partial charge in [-0.15, -0.1) is 0 Å². The highest BCUT2D eigenvalue weighted by Crippen LogP contribution is 2.32. The standard InChI is InChI=1S/C2H2Br3NO2/c3-2(4,5)1(7)6-8/h8H,(H,6,7). The van der Waals surface area contributed by atoms with Gasteiger partial charge in [-0.3, -0.25) is 10.0 Å². The predicted molar refractivity (Wildman–Crippen MR) is 39.4 cm³/mol. The molecule has 0 unspecified atom stereocenters. The number of hydrogen-bond donors (Lipinski definition) is 2. The minimum atomic E-state index is -1.05. The van der Waals surface area contributed by atoms with Crippen LogP contribution in [0.3, 0.4) is 0 Å². The van der Waals surface area contributed by atoms with Crippen molar-refractivity contribution in [1.82, 2.24) is 5.48 Å². The van der Waals surface area contributed by atoms with Gasteiger partial charge in [-0.1, -0.05) is 0 Å². The van der Waals surface area contributed by atoms with Crippen LogP contribution in [-0.4, -0.2) is 13.3 Å². The summed E-state index contributed by atoms with van der Waals surface area (Å²) in [6.45, 7) is 0. The van der Waals surface area contributed by atoms with E-state index >= 15 is 0 Å². The number of hydroxylamine groups is 1. The van der Waals surface area contributed by atoms with Crippen LogP contribution >= 0.6 is 47.8 Å². The molecule has 0 bridgehead atoms. The maximum Gasteiger partial charge on any atom is 0.282 e. The van der Waals surface area contributed by atoms with Crippen LogP contribution in [0, 0.1) is 0 Å². The first-order valence-corrected chi connectivity index (χ1v) is 3.87. The van der Waals surface area contributed by atoms with Gasteiger partial charge in [0.25, 0.3) is 5.91 Å². The molecule has 0 aromatic carbocycles. The van der Waals surface area contributed by atoms with Crippen molar-refractivity contribution < 1.29 is 10.0 Å². The molecule has 0 radical (unpaired) electrons. The summed E-state index contributed by atoms with van der Waals surface area (Å²) in [5.41, 5.74) is 1.43. The van der Waals surface area contributed by atoms with Gasteiger partial charge in [0.2, 0.25) is 2.14 Å². The lowest BCUT2D eigenvalue weighted by molar-refractivity contribution is -0.127. The summed E-state index contributed by atoms with van der Waals surface area (Å²) in [4.78, 5) is 10.3. The van der Waals surface area contributed by atoms with E-state index < -0.39 is 8.05 Å². The van der Waals surface area contributed by atoms with E-state index in [0.29, 0.717) is 0 Å². The molecule has 0 rings (SSSR count). The predicted octanol–water partition coefficient (Wildman–Crippen LogP) is 1.33. The summed E-state index contributed by atoms with van der Waals surface area (Å²) in [6.07, 6.45) is 0. The Kier molecular flexibility index (Phi) is 3.49. The van der Waals surface area contributed by atoms with Crippen molar-refractivity contribution in [2.45, 2.75) is 2.14 Å². The number of halogens is 3. The lowest BCUT2D eigenvalue weighted by Crippen LogP contribution is -2.30. The Hall–Kier alpha value is 0.870. The topological polar surface area (TPSA) is 49.3 Å². The fourth-order valence-corrected chi connectivity index (χ4v) is 0.329. The molecule has 0 aliphatic carbocycles. The molecule has 0 atom stereocenters. The molecular formula is C2H2Br3NO2. The zero-order valence-electron chi connectivity index (χ0n) is 3.49. The summed E-state index contributed by atoms with van der Waals surface area (Å²) in [5.74, 6) is -0.613. The maximum absolute atomic E-state index is 10.3. The molecule has 0 aromatic rings. The Morgan fingerprint density at radius 2 is 1.88 bits per heavy atom. The first kappa shape index (κ1) is 8.87. The Morgan fingerprint density at radius 1 is 1.50 bits per heavy atom. The average Bonchev–Trinajstić information content (AvgIpc) is 1.62. The summed E-state index contributed by atoms with van der Waals surface area (Å²) >= 11 is 8.60. The van der Waals surface area contributed by atoms with Crippen molar-refractivity contribution in [2.24, 2.45) is 0 Å². The van der Waals surface area contributed by atoms with E-state index in [1.807, 2.05) is 0 Å². The van der Waals surface area contributed by atoms with Gasteiger partial charge in [0, 0.05) is 0 Å². The highest BCUT2D eigenvalue weighted by atomic mass is 80.0. The third kappa shape index (κ3) is 3.01. The van der Waals surface area contributed by atoms with Gasteiger partial charge in [-0.25, -0.2) is 5.48 Å². The van der Waals surface area contributed by atoms with E-state index in [-0.39, 0.29) is 0 Å². The van der Waals surface area contributed by atoms with Crippen LogP contribution in [0.5, 0.6) is 0 Å². The van der Waals surface area contributed by atoms with Gasteiger partial charge in [-0.2, -0.15) is 0 Å². The normalized spacial score (nSPS) is 11.0. The van der Waals surface area contributed by atoms with Crippen LogP contribution < -0.4 is 5.48 Å². The number of amides is 1. The molecule has 2 N–H and O–H groups in total. The second-order valence-corrected chi connectivity index (χ2v) is 7.70. The summed E-state index contributed by atoms with van der Waals surface area (Å²) in [7, 11) is 0. The Balaban J connectivity index is 3.82. The first-order valence-electron chi connectivity index (χ1n) is 1.49. The number of alkyl halides is 3. The van der Waals surface area contributed by atoms with Crippen LogP contribution in [0.1, 0.15) is 0 Å². The molecule has 8 heavy (non-hydrogen) atoms. The van der Waals surface area contributed by atoms with Crippen LogP contribution in [-0.2, 0) is 4.79 Å². The Bertz CT molecular complexity index is 97.9. The molecule has 0 saturated heterocycles. The molecule has 0 aliphatic heterocycles. The van der Waals surface area contributed by atoms with Crippen molar-refractivity contribution >= 4 is 53.7 Å². The zero-order chi connectivity index (χ0) is 6.78. The maximum atomic E-state index is 10.3. The second kappa shape index (κ2) is 3.14. The molecule has 0 aromatic heterocycles. The molecule has 0 heterocycles. The summed E-state index contributed by atoms with van der Waals surface area (Å²) in [5, 5.41) is 7.98. The Morgan fingerprint density at radius 3 is 1.88 bits per heavy atom. The van der Waals surface area contributed by atoms with Crippen molar-refractivity contribution in [3.63, 3.8) is 0 Å². The molecule has 48 valence electrons. The van der Waals surface area contributed by atoms with E-state index in [9.17, 15) is 4.79 Å². The molecule has 0 spiro atoms. The van der Waals surface area contributed by atoms with Crippen molar-refractivity contribution in [1.29, 1.82) is 0 Å². The average molecular weight is 312 g/mol. The number of carbonyl (C=O) groups is 1. The highest BCUT2D eigenvalue weighted by molar-refractivity contribution is 9.40. The van der Waals surface area contributed by atoms with E-state index in [0.717, 1.165) is 0 Å². The number of carbonyl (C=O) groups excluding carboxylic acids is 1. The third-order valence-electron chi connectivity index (χ3n) is 0.359. The summed E-state index contributed by atoms with van der Waals surface area (Å²) < 4.78 is -1.05. The lowest BCUT2D eigenvalue weighted by Gasteiger charge is -2.06. The first-order chi connectivity index (χ1) is 3.48. The fraction of sp³-hybridized carbons (Fsp3) is 0.500. The van der Waals surface area contributed by atoms with Gasteiger partial charge in [0.1, 0.15) is 0 Å². The fourth-order valence-electron chi connectivity index (χ4n) is 0.0634. The van der Waals surface area contributed by atoms with E-state index in [1.54, 1.807) is 0 Å². The van der Waals surface area contributed by atoms with Gasteiger partial charge in [-0.05, 0) is 47.8 Å². The minimum absolute atomic E-state index is 0.613. The zero-order valence-corrected chi connectivity index (χ0v) is 8.25. The monoisotopic (exact) mass is 309 g/mol. The van der Waals surface area contributed by atoms with Crippen LogP contribution in [0.2, 0.25) is 0 Å². The van der Waals surface area contributed by atoms with E-state index in [4.69, 9.17) is 5.21 Å². The largest absolute Gasteiger partial charge is 0.289 e. The van der Waals surface area contributed by atoms with E-state index in [1.165, 1.54) is 5.48 Å². The van der Waals surface area contributed by atoms with Crippen LogP contribution in [0.4, 0.5) is 0 Å². The number of hydrogen-bond acceptors (Lipinski definition) is 2. The van der Waals surface area contributed by atoms with Gasteiger partial charge in [0.05, 0.1) is 0 Å². The minimum Gasteiger partial charge on any atom is -0.289 e. The molecule has 1 amide bonds. The lowest BCUT2D eigenvalue weighted by atomic mass is 10.8. The quantitative estimate of drug-likeness (QED) is 0.403. The molecule has 0 aliphatic rings. The second-order valence-electron chi connectivity index (χ2n) is 0.939. The smallest absolute Gasteiger partial charge is 0.282 e. The molecule has 0 saturated carbocycles. The van der Waals surface area contributed by atoms with E-state index in [2.05, 4.69) is 47.8 Å². The van der Waals surface area contributed by atoms with Crippen LogP contribution in [0.15, 0.2) is 0 Å².